The minimum atomic E-state index is 0.836. The van der Waals surface area contributed by atoms with Gasteiger partial charge in [0.1, 0.15) is 27.9 Å². The summed E-state index contributed by atoms with van der Waals surface area (Å²) in [6.07, 6.45) is 0. The van der Waals surface area contributed by atoms with Gasteiger partial charge in [-0.25, -0.2) is 0 Å². The topological polar surface area (TPSA) is 49.3 Å². The molecule has 0 aliphatic heterocycles. The largest absolute Gasteiger partial charge is 0.456 e. The molecule has 0 unspecified atom stereocenters. The lowest BCUT2D eigenvalue weighted by Crippen LogP contribution is -1.94. The number of furan rings is 3. The molecule has 0 saturated heterocycles. The molecular weight excluding hydrogens is 797 g/mol. The van der Waals surface area contributed by atoms with E-state index in [-0.39, 0.29) is 0 Å². The summed E-state index contributed by atoms with van der Waals surface area (Å²) >= 11 is 0. The van der Waals surface area contributed by atoms with Crippen molar-refractivity contribution in [1.82, 2.24) is 9.13 Å². The van der Waals surface area contributed by atoms with Crippen molar-refractivity contribution in [2.75, 3.05) is 0 Å². The highest BCUT2D eigenvalue weighted by Gasteiger charge is 2.24. The zero-order chi connectivity index (χ0) is 42.3. The molecule has 0 bridgehead atoms. The number of aromatic nitrogens is 2. The maximum absolute atomic E-state index is 6.81. The first kappa shape index (κ1) is 34.7. The third kappa shape index (κ3) is 4.87. The maximum Gasteiger partial charge on any atom is 0.160 e. The van der Waals surface area contributed by atoms with Crippen LogP contribution in [0.4, 0.5) is 0 Å². The van der Waals surface area contributed by atoms with E-state index < -0.39 is 0 Å². The van der Waals surface area contributed by atoms with Gasteiger partial charge in [-0.3, -0.25) is 0 Å². The zero-order valence-electron chi connectivity index (χ0n) is 34.7. The van der Waals surface area contributed by atoms with Gasteiger partial charge in [-0.2, -0.15) is 0 Å². The fourth-order valence-electron chi connectivity index (χ4n) is 10.8. The summed E-state index contributed by atoms with van der Waals surface area (Å²) in [7, 11) is 0. The van der Waals surface area contributed by atoms with Crippen LogP contribution in [-0.4, -0.2) is 9.13 Å². The van der Waals surface area contributed by atoms with Crippen molar-refractivity contribution in [3.63, 3.8) is 0 Å². The Hall–Kier alpha value is -8.80. The van der Waals surface area contributed by atoms with Crippen molar-refractivity contribution < 1.29 is 13.3 Å². The van der Waals surface area contributed by atoms with Crippen molar-refractivity contribution in [2.24, 2.45) is 0 Å². The summed E-state index contributed by atoms with van der Waals surface area (Å²) < 4.78 is 24.6. The summed E-state index contributed by atoms with van der Waals surface area (Å²) in [6.45, 7) is 0. The number of nitrogens with zero attached hydrogens (tertiary/aromatic N) is 2. The van der Waals surface area contributed by atoms with Gasteiger partial charge in [0.25, 0.3) is 0 Å². The Labute approximate surface area is 370 Å². The first-order chi connectivity index (χ1) is 32.2. The van der Waals surface area contributed by atoms with Crippen molar-refractivity contribution in [3.05, 3.63) is 206 Å². The Morgan fingerprint density at radius 3 is 1.32 bits per heavy atom. The molecule has 10 aromatic carbocycles. The van der Waals surface area contributed by atoms with Crippen LogP contribution >= 0.6 is 0 Å². The predicted octanol–water partition coefficient (Wildman–Crippen LogP) is 16.9. The van der Waals surface area contributed by atoms with E-state index in [4.69, 9.17) is 13.3 Å². The van der Waals surface area contributed by atoms with E-state index in [0.717, 1.165) is 110 Å². The highest BCUT2D eigenvalue weighted by molar-refractivity contribution is 6.28. The zero-order valence-corrected chi connectivity index (χ0v) is 34.7. The van der Waals surface area contributed by atoms with Crippen LogP contribution in [0.1, 0.15) is 0 Å². The molecule has 0 radical (unpaired) electrons. The Kier molecular flexibility index (Phi) is 6.89. The van der Waals surface area contributed by atoms with E-state index in [1.54, 1.807) is 0 Å². The van der Waals surface area contributed by atoms with E-state index >= 15 is 0 Å². The van der Waals surface area contributed by atoms with Crippen molar-refractivity contribution >= 4 is 109 Å². The maximum atomic E-state index is 6.81. The van der Waals surface area contributed by atoms with Gasteiger partial charge in [0, 0.05) is 65.6 Å². The van der Waals surface area contributed by atoms with Gasteiger partial charge in [-0.1, -0.05) is 115 Å². The quantitative estimate of drug-likeness (QED) is 0.177. The lowest BCUT2D eigenvalue weighted by Gasteiger charge is -2.10. The first-order valence-electron chi connectivity index (χ1n) is 22.1. The minimum Gasteiger partial charge on any atom is -0.456 e. The van der Waals surface area contributed by atoms with E-state index in [9.17, 15) is 0 Å². The van der Waals surface area contributed by atoms with Gasteiger partial charge >= 0.3 is 0 Å². The standard InChI is InChI=1S/C60H34N2O3/c1-2-12-39(13-3-1)61-48-18-8-4-14-40(48)44-30-35(22-26-50(44)61)37-24-28-55-46(32-37)47-33-38(25-29-56(47)63-55)36-23-27-51-45(31-36)41-15-5-9-19-49(41)62(51)52-34-57-58(42-16-6-10-20-53(42)64-57)59-43-17-7-11-21-54(43)65-60(52)59/h1-34H. The van der Waals surface area contributed by atoms with Crippen LogP contribution in [-0.2, 0) is 0 Å². The fourth-order valence-corrected chi connectivity index (χ4v) is 10.8. The van der Waals surface area contributed by atoms with Crippen molar-refractivity contribution in [1.29, 1.82) is 0 Å². The average molecular weight is 831 g/mol. The summed E-state index contributed by atoms with van der Waals surface area (Å²) in [4.78, 5) is 0. The molecule has 15 aromatic rings. The van der Waals surface area contributed by atoms with Gasteiger partial charge in [0.05, 0.1) is 27.8 Å². The second-order valence-electron chi connectivity index (χ2n) is 17.2. The van der Waals surface area contributed by atoms with Crippen LogP contribution in [0.5, 0.6) is 0 Å². The number of rotatable bonds is 4. The SMILES string of the molecule is c1ccc(-n2c3ccccc3c3cc(-c4ccc5oc6ccc(-c7ccc8c(c7)c7ccccc7n8-c7cc8oc9ccccc9c8c8c7oc7ccccc78)cc6c5c4)ccc32)cc1. The molecule has 0 fully saturated rings. The number of benzene rings is 10. The lowest BCUT2D eigenvalue weighted by molar-refractivity contribution is 0.660. The Morgan fingerprint density at radius 2 is 0.692 bits per heavy atom. The Morgan fingerprint density at radius 1 is 0.262 bits per heavy atom. The molecule has 65 heavy (non-hydrogen) atoms. The molecule has 15 rings (SSSR count). The van der Waals surface area contributed by atoms with Gasteiger partial charge in [-0.05, 0) is 107 Å². The van der Waals surface area contributed by atoms with E-state index in [1.165, 1.54) is 32.8 Å². The van der Waals surface area contributed by atoms with Crippen LogP contribution in [0.3, 0.4) is 0 Å². The summed E-state index contributed by atoms with van der Waals surface area (Å²) in [6, 6.07) is 73.5. The fraction of sp³-hybridized carbons (Fsp3) is 0. The molecule has 0 atom stereocenters. The third-order valence-electron chi connectivity index (χ3n) is 13.7. The van der Waals surface area contributed by atoms with E-state index in [1.807, 2.05) is 18.2 Å². The molecule has 0 amide bonds. The van der Waals surface area contributed by atoms with Crippen LogP contribution in [0.25, 0.3) is 143 Å². The number of hydrogen-bond donors (Lipinski definition) is 0. The molecule has 0 saturated carbocycles. The molecule has 0 aliphatic carbocycles. The van der Waals surface area contributed by atoms with Gasteiger partial charge in [0.2, 0.25) is 0 Å². The third-order valence-corrected chi connectivity index (χ3v) is 13.7. The first-order valence-corrected chi connectivity index (χ1v) is 22.1. The predicted molar refractivity (Wildman–Crippen MR) is 268 cm³/mol. The lowest BCUT2D eigenvalue weighted by atomic mass is 9.98. The van der Waals surface area contributed by atoms with Gasteiger partial charge in [0.15, 0.2) is 5.58 Å². The summed E-state index contributed by atoms with van der Waals surface area (Å²) in [5.41, 5.74) is 16.4. The van der Waals surface area contributed by atoms with Gasteiger partial charge in [-0.15, -0.1) is 0 Å². The molecular formula is C60H34N2O3. The molecule has 5 aromatic heterocycles. The molecule has 302 valence electrons. The van der Waals surface area contributed by atoms with Crippen LogP contribution in [0.2, 0.25) is 0 Å². The average Bonchev–Trinajstić information content (AvgIpc) is 4.18. The second-order valence-corrected chi connectivity index (χ2v) is 17.2. The van der Waals surface area contributed by atoms with Gasteiger partial charge < -0.3 is 22.4 Å². The molecule has 5 nitrogen and oxygen atoms in total. The normalized spacial score (nSPS) is 12.3. The number of hydrogen-bond acceptors (Lipinski definition) is 3. The Balaban J connectivity index is 0.884. The molecule has 0 N–H and O–H groups in total. The number of para-hydroxylation sites is 5. The van der Waals surface area contributed by atoms with Crippen LogP contribution in [0, 0.1) is 0 Å². The highest BCUT2D eigenvalue weighted by Crippen LogP contribution is 2.46. The Bertz CT molecular complexity index is 4480. The van der Waals surface area contributed by atoms with Crippen molar-refractivity contribution in [3.8, 4) is 33.6 Å². The molecule has 5 heterocycles. The summed E-state index contributed by atoms with van der Waals surface area (Å²) in [5, 5.41) is 11.3. The molecule has 0 aliphatic rings. The van der Waals surface area contributed by atoms with Crippen molar-refractivity contribution in [2.45, 2.75) is 0 Å². The van der Waals surface area contributed by atoms with E-state index in [2.05, 4.69) is 197 Å². The van der Waals surface area contributed by atoms with E-state index in [0.29, 0.717) is 0 Å². The summed E-state index contributed by atoms with van der Waals surface area (Å²) in [5.74, 6) is 0. The number of fused-ring (bicyclic) bond motifs is 16. The van der Waals surface area contributed by atoms with Crippen LogP contribution in [0.15, 0.2) is 220 Å². The molecule has 0 spiro atoms. The smallest absolute Gasteiger partial charge is 0.160 e. The monoisotopic (exact) mass is 830 g/mol. The second kappa shape index (κ2) is 12.9. The highest BCUT2D eigenvalue weighted by atomic mass is 16.3. The molecule has 5 heteroatoms. The minimum absolute atomic E-state index is 0.836. The van der Waals surface area contributed by atoms with Crippen LogP contribution < -0.4 is 0 Å².